The van der Waals surface area contributed by atoms with Gasteiger partial charge in [0, 0.05) is 40.9 Å². The zero-order chi connectivity index (χ0) is 34.6. The number of hydrogen-bond acceptors (Lipinski definition) is 0. The summed E-state index contributed by atoms with van der Waals surface area (Å²) < 4.78 is 0. The molecule has 0 aromatic heterocycles. The van der Waals surface area contributed by atoms with Crippen LogP contribution in [0.15, 0.2) is 216 Å². The minimum absolute atomic E-state index is 0.0471. The van der Waals surface area contributed by atoms with Crippen molar-refractivity contribution in [2.75, 3.05) is 0 Å². The van der Waals surface area contributed by atoms with Crippen LogP contribution >= 0.6 is 0 Å². The quantitative estimate of drug-likeness (QED) is 0.124. The van der Waals surface area contributed by atoms with E-state index in [4.69, 9.17) is 0 Å². The Bertz CT molecular complexity index is 2260. The molecule has 0 saturated carbocycles. The maximum absolute atomic E-state index is 3.85. The summed E-state index contributed by atoms with van der Waals surface area (Å²) in [5.74, 6) is 0.0471. The van der Waals surface area contributed by atoms with Gasteiger partial charge in [-0.1, -0.05) is 158 Å². The zero-order valence-corrected chi connectivity index (χ0v) is 29.1. The Balaban J connectivity index is 1.28. The molecule has 0 nitrogen and oxygen atoms in total. The van der Waals surface area contributed by atoms with Crippen molar-refractivity contribution in [3.63, 3.8) is 0 Å². The molecule has 0 heterocycles. The van der Waals surface area contributed by atoms with Crippen molar-refractivity contribution in [1.82, 2.24) is 0 Å². The van der Waals surface area contributed by atoms with Gasteiger partial charge in [0.2, 0.25) is 0 Å². The largest absolute Gasteiger partial charge is 0.148 e. The van der Waals surface area contributed by atoms with Gasteiger partial charge in [0.15, 0.2) is 0 Å². The summed E-state index contributed by atoms with van der Waals surface area (Å²) in [7, 11) is 0. The van der Waals surface area contributed by atoms with Crippen LogP contribution in [-0.4, -0.2) is 0 Å². The van der Waals surface area contributed by atoms with Gasteiger partial charge in [-0.25, -0.2) is 0 Å². The van der Waals surface area contributed by atoms with Gasteiger partial charge >= 0.3 is 0 Å². The van der Waals surface area contributed by atoms with E-state index >= 15 is 0 Å². The predicted octanol–water partition coefficient (Wildman–Crippen LogP) is 13.4. The molecule has 2 aliphatic rings. The van der Waals surface area contributed by atoms with Gasteiger partial charge in [0.1, 0.15) is 5.57 Å². The van der Waals surface area contributed by atoms with Gasteiger partial charge in [-0.2, -0.15) is 0 Å². The molecule has 51 heavy (non-hydrogen) atoms. The van der Waals surface area contributed by atoms with Gasteiger partial charge in [-0.15, -0.1) is 0 Å². The highest BCUT2D eigenvalue weighted by Gasteiger charge is 2.29. The van der Waals surface area contributed by atoms with E-state index in [1.54, 1.807) is 0 Å². The Labute approximate surface area is 302 Å². The summed E-state index contributed by atoms with van der Waals surface area (Å²) in [6, 6.07) is 61.0. The molecule has 2 aliphatic carbocycles. The van der Waals surface area contributed by atoms with E-state index in [2.05, 4.69) is 214 Å². The third kappa shape index (κ3) is 6.79. The lowest BCUT2D eigenvalue weighted by Crippen LogP contribution is -2.10. The van der Waals surface area contributed by atoms with Crippen LogP contribution in [0.25, 0.3) is 39.0 Å². The second-order valence-corrected chi connectivity index (χ2v) is 13.4. The monoisotopic (exact) mass is 651 g/mol. The second kappa shape index (κ2) is 14.3. The Morgan fingerprint density at radius 3 is 1.25 bits per heavy atom. The molecule has 8 rings (SSSR count). The van der Waals surface area contributed by atoms with E-state index in [9.17, 15) is 0 Å². The van der Waals surface area contributed by atoms with Crippen LogP contribution in [0, 0.1) is 6.42 Å². The topological polar surface area (TPSA) is 0 Å². The summed E-state index contributed by atoms with van der Waals surface area (Å²) in [5, 5.41) is 0. The van der Waals surface area contributed by atoms with Crippen LogP contribution in [0.4, 0.5) is 0 Å². The van der Waals surface area contributed by atoms with Crippen molar-refractivity contribution in [2.24, 2.45) is 0 Å². The third-order valence-electron chi connectivity index (χ3n) is 9.91. The van der Waals surface area contributed by atoms with E-state index < -0.39 is 0 Å². The Kier molecular flexibility index (Phi) is 8.92. The van der Waals surface area contributed by atoms with E-state index in [0.29, 0.717) is 0 Å². The second-order valence-electron chi connectivity index (χ2n) is 13.4. The van der Waals surface area contributed by atoms with Gasteiger partial charge in [-0.05, 0) is 88.2 Å². The van der Waals surface area contributed by atoms with Crippen molar-refractivity contribution in [3.8, 4) is 22.3 Å². The van der Waals surface area contributed by atoms with Crippen LogP contribution in [0.2, 0.25) is 0 Å². The predicted molar refractivity (Wildman–Crippen MR) is 217 cm³/mol. The summed E-state index contributed by atoms with van der Waals surface area (Å²) in [4.78, 5) is 0. The summed E-state index contributed by atoms with van der Waals surface area (Å²) in [5.41, 5.74) is 22.1. The minimum Gasteiger partial charge on any atom is -0.0622 e. The zero-order valence-electron chi connectivity index (χ0n) is 29.1. The Morgan fingerprint density at radius 2 is 0.804 bits per heavy atom. The number of rotatable bonds is 6. The molecule has 0 spiro atoms. The lowest BCUT2D eigenvalue weighted by molar-refractivity contribution is 1.11. The average Bonchev–Trinajstić information content (AvgIpc) is 3.19. The first-order chi connectivity index (χ1) is 25.1. The molecular formula is C51H39+. The summed E-state index contributed by atoms with van der Waals surface area (Å²) in [6.07, 6.45) is 9.26. The average molecular weight is 652 g/mol. The summed E-state index contributed by atoms with van der Waals surface area (Å²) >= 11 is 0. The fourth-order valence-electron chi connectivity index (χ4n) is 7.52. The minimum atomic E-state index is 0.0471. The van der Waals surface area contributed by atoms with Gasteiger partial charge in [-0.3, -0.25) is 0 Å². The van der Waals surface area contributed by atoms with Crippen LogP contribution in [0.3, 0.4) is 0 Å². The van der Waals surface area contributed by atoms with E-state index in [1.165, 1.54) is 72.4 Å². The molecule has 0 unspecified atom stereocenters. The van der Waals surface area contributed by atoms with Crippen LogP contribution in [0.5, 0.6) is 0 Å². The highest BCUT2D eigenvalue weighted by Crippen LogP contribution is 2.47. The molecule has 6 aromatic carbocycles. The van der Waals surface area contributed by atoms with E-state index in [0.717, 1.165) is 11.1 Å². The standard InChI is InChI=1S/C51H39/c1-36-31-38(32-37(2)50(36)46-19-11-5-12-20-46)33-39-34-48(44-27-23-42(24-28-44)40-15-7-3-8-16-40)51(47-21-13-6-14-22-47)49(35-39)45-29-25-43(26-30-45)41-17-9-4-10-18-41/h3-32,34-35,51H,1-2H3/q+1. The normalized spacial score (nSPS) is 15.7. The highest BCUT2D eigenvalue weighted by atomic mass is 14.3. The molecule has 0 fully saturated rings. The lowest BCUT2D eigenvalue weighted by Gasteiger charge is -2.28. The highest BCUT2D eigenvalue weighted by molar-refractivity contribution is 5.94. The fourth-order valence-corrected chi connectivity index (χ4v) is 7.52. The smallest absolute Gasteiger partial charge is 0.0622 e. The van der Waals surface area contributed by atoms with Crippen LogP contribution < -0.4 is 0 Å². The molecule has 0 bridgehead atoms. The maximum atomic E-state index is 3.85. The van der Waals surface area contributed by atoms with E-state index in [-0.39, 0.29) is 5.92 Å². The van der Waals surface area contributed by atoms with Crippen molar-refractivity contribution >= 4 is 16.7 Å². The van der Waals surface area contributed by atoms with Crippen molar-refractivity contribution < 1.29 is 0 Å². The molecule has 0 amide bonds. The van der Waals surface area contributed by atoms with Crippen molar-refractivity contribution in [3.05, 3.63) is 245 Å². The first-order valence-corrected chi connectivity index (χ1v) is 17.7. The maximum Gasteiger partial charge on any atom is 0.148 e. The number of allylic oxidation sites excluding steroid dienone is 9. The van der Waals surface area contributed by atoms with E-state index in [1.807, 2.05) is 0 Å². The van der Waals surface area contributed by atoms with Crippen molar-refractivity contribution in [2.45, 2.75) is 19.8 Å². The van der Waals surface area contributed by atoms with Gasteiger partial charge in [0.25, 0.3) is 0 Å². The Hall–Kier alpha value is -6.33. The molecule has 6 aromatic rings. The number of benzene rings is 6. The third-order valence-corrected chi connectivity index (χ3v) is 9.91. The molecule has 242 valence electrons. The van der Waals surface area contributed by atoms with Crippen molar-refractivity contribution in [1.29, 1.82) is 0 Å². The molecule has 0 saturated heterocycles. The molecule has 0 aliphatic heterocycles. The molecule has 0 atom stereocenters. The Morgan fingerprint density at radius 1 is 0.412 bits per heavy atom. The fraction of sp³-hybridized carbons (Fsp3) is 0.0588. The molecular weight excluding hydrogens is 613 g/mol. The van der Waals surface area contributed by atoms with Gasteiger partial charge in [0.05, 0.1) is 11.1 Å². The molecule has 0 heteroatoms. The first kappa shape index (κ1) is 31.9. The molecule has 0 radical (unpaired) electrons. The van der Waals surface area contributed by atoms with Gasteiger partial charge < -0.3 is 0 Å². The summed E-state index contributed by atoms with van der Waals surface area (Å²) in [6.45, 7) is 4.42. The SMILES string of the molecule is CC1=CC(=C=C2C=C(c3ccc(-c4ccccc4)cc3)C(c3ccccc3)C(c3ccc(-c4ccccc4)cc3)=C2)[CH+]C(C)=C1c1ccccc1. The molecule has 0 N–H and O–H groups in total. The number of hydrogen-bond donors (Lipinski definition) is 0. The van der Waals surface area contributed by atoms with Crippen LogP contribution in [0.1, 0.15) is 42.0 Å². The lowest BCUT2D eigenvalue weighted by atomic mass is 9.74. The van der Waals surface area contributed by atoms with Crippen LogP contribution in [-0.2, 0) is 0 Å². The first-order valence-electron chi connectivity index (χ1n) is 17.7.